The molecule has 0 bridgehead atoms. The van der Waals surface area contributed by atoms with E-state index in [0.29, 0.717) is 17.6 Å². The number of aliphatic hydroxyl groups is 1. The number of rotatable bonds is 6. The predicted octanol–water partition coefficient (Wildman–Crippen LogP) is -0.0850. The normalized spacial score (nSPS) is 13.3. The largest absolute Gasteiger partial charge is 0.417 e. The summed E-state index contributed by atoms with van der Waals surface area (Å²) in [6, 6.07) is 5.46. The zero-order valence-electron chi connectivity index (χ0n) is 10.9. The van der Waals surface area contributed by atoms with Gasteiger partial charge in [0.05, 0.1) is 12.1 Å². The number of hydrogen-bond acceptors (Lipinski definition) is 5. The molecule has 0 aliphatic rings. The third kappa shape index (κ3) is 3.66. The van der Waals surface area contributed by atoms with Gasteiger partial charge in [0.2, 0.25) is 0 Å². The van der Waals surface area contributed by atoms with E-state index in [9.17, 15) is 4.79 Å². The van der Waals surface area contributed by atoms with Crippen molar-refractivity contribution in [1.82, 2.24) is 9.88 Å². The molecule has 6 nitrogen and oxygen atoms in total. The van der Waals surface area contributed by atoms with Crippen LogP contribution in [-0.2, 0) is 6.42 Å². The molecule has 6 heteroatoms. The van der Waals surface area contributed by atoms with Crippen LogP contribution in [0.3, 0.4) is 0 Å². The van der Waals surface area contributed by atoms with Crippen molar-refractivity contribution in [1.29, 1.82) is 0 Å². The molecule has 1 atom stereocenters. The number of aromatic nitrogens is 1. The quantitative estimate of drug-likeness (QED) is 0.678. The second-order valence-electron chi connectivity index (χ2n) is 4.80. The van der Waals surface area contributed by atoms with Gasteiger partial charge in [-0.15, -0.1) is 0 Å². The molecule has 0 amide bonds. The van der Waals surface area contributed by atoms with Crippen molar-refractivity contribution in [3.8, 4) is 0 Å². The van der Waals surface area contributed by atoms with E-state index in [1.54, 1.807) is 0 Å². The maximum Gasteiger partial charge on any atom is 0.417 e. The molecule has 0 spiro atoms. The van der Waals surface area contributed by atoms with Gasteiger partial charge in [0.1, 0.15) is 0 Å². The van der Waals surface area contributed by atoms with Crippen LogP contribution in [0.5, 0.6) is 0 Å². The van der Waals surface area contributed by atoms with Crippen LogP contribution in [-0.4, -0.2) is 47.8 Å². The van der Waals surface area contributed by atoms with Crippen molar-refractivity contribution in [2.75, 3.05) is 26.7 Å². The summed E-state index contributed by atoms with van der Waals surface area (Å²) in [6.07, 6.45) is 0.833. The van der Waals surface area contributed by atoms with Crippen molar-refractivity contribution < 1.29 is 9.52 Å². The summed E-state index contributed by atoms with van der Waals surface area (Å²) in [4.78, 5) is 15.7. The van der Waals surface area contributed by atoms with E-state index >= 15 is 0 Å². The number of oxazole rings is 1. The standard InChI is InChI=1S/C13H19N3O3/c1-16(7-10(14)8-17)5-4-9-2-3-11-12(6-9)19-13(18)15-11/h2-3,6,10,17H,4-5,7-8,14H2,1H3,(H,15,18). The number of likely N-dealkylation sites (N-methyl/N-ethyl adjacent to an activating group) is 1. The first-order chi connectivity index (χ1) is 9.08. The maximum absolute atomic E-state index is 11.1. The summed E-state index contributed by atoms with van der Waals surface area (Å²) >= 11 is 0. The first-order valence-corrected chi connectivity index (χ1v) is 6.25. The molecular weight excluding hydrogens is 246 g/mol. The van der Waals surface area contributed by atoms with Crippen LogP contribution in [0.1, 0.15) is 5.56 Å². The van der Waals surface area contributed by atoms with Gasteiger partial charge in [-0.3, -0.25) is 4.98 Å². The number of hydrogen-bond donors (Lipinski definition) is 3. The molecule has 0 aliphatic carbocycles. The van der Waals surface area contributed by atoms with Crippen LogP contribution < -0.4 is 11.5 Å². The van der Waals surface area contributed by atoms with E-state index in [4.69, 9.17) is 15.3 Å². The Hall–Kier alpha value is -1.63. The number of benzene rings is 1. The fourth-order valence-electron chi connectivity index (χ4n) is 2.01. The van der Waals surface area contributed by atoms with E-state index in [2.05, 4.69) is 9.88 Å². The molecule has 0 saturated heterocycles. The zero-order chi connectivity index (χ0) is 13.8. The minimum atomic E-state index is -0.432. The molecule has 2 aromatic rings. The molecule has 0 radical (unpaired) electrons. The summed E-state index contributed by atoms with van der Waals surface area (Å²) in [5.74, 6) is -0.432. The molecule has 2 rings (SSSR count). The second kappa shape index (κ2) is 6.01. The fraction of sp³-hybridized carbons (Fsp3) is 0.462. The van der Waals surface area contributed by atoms with Gasteiger partial charge >= 0.3 is 5.76 Å². The van der Waals surface area contributed by atoms with Crippen molar-refractivity contribution in [3.05, 3.63) is 34.3 Å². The number of nitrogens with two attached hydrogens (primary N) is 1. The monoisotopic (exact) mass is 265 g/mol. The van der Waals surface area contributed by atoms with E-state index in [1.807, 2.05) is 25.2 Å². The molecule has 1 aromatic carbocycles. The SMILES string of the molecule is CN(CCc1ccc2[nH]c(=O)oc2c1)CC(N)CO. The number of nitrogens with one attached hydrogen (secondary N) is 1. The summed E-state index contributed by atoms with van der Waals surface area (Å²) in [5.41, 5.74) is 8.06. The van der Waals surface area contributed by atoms with Gasteiger partial charge in [-0.1, -0.05) is 6.07 Å². The third-order valence-corrected chi connectivity index (χ3v) is 3.05. The lowest BCUT2D eigenvalue weighted by atomic mass is 10.1. The number of aliphatic hydroxyl groups excluding tert-OH is 1. The van der Waals surface area contributed by atoms with Crippen LogP contribution in [0.4, 0.5) is 0 Å². The minimum absolute atomic E-state index is 0.00912. The molecule has 19 heavy (non-hydrogen) atoms. The lowest BCUT2D eigenvalue weighted by molar-refractivity contribution is 0.223. The highest BCUT2D eigenvalue weighted by Crippen LogP contribution is 2.12. The van der Waals surface area contributed by atoms with Gasteiger partial charge in [0.25, 0.3) is 0 Å². The highest BCUT2D eigenvalue weighted by Gasteiger charge is 2.07. The van der Waals surface area contributed by atoms with Gasteiger partial charge in [-0.05, 0) is 31.2 Å². The Morgan fingerprint density at radius 3 is 3.05 bits per heavy atom. The maximum atomic E-state index is 11.1. The van der Waals surface area contributed by atoms with E-state index in [0.717, 1.165) is 18.5 Å². The van der Waals surface area contributed by atoms with E-state index in [-0.39, 0.29) is 12.6 Å². The Bertz CT molecular complexity index is 590. The van der Waals surface area contributed by atoms with Crippen LogP contribution in [0.25, 0.3) is 11.1 Å². The molecule has 1 unspecified atom stereocenters. The Morgan fingerprint density at radius 2 is 2.32 bits per heavy atom. The molecule has 104 valence electrons. The van der Waals surface area contributed by atoms with E-state index in [1.165, 1.54) is 0 Å². The smallest absolute Gasteiger partial charge is 0.408 e. The topological polar surface area (TPSA) is 95.5 Å². The van der Waals surface area contributed by atoms with E-state index < -0.39 is 5.76 Å². The Morgan fingerprint density at radius 1 is 1.53 bits per heavy atom. The van der Waals surface area contributed by atoms with Crippen molar-refractivity contribution in [2.45, 2.75) is 12.5 Å². The fourth-order valence-corrected chi connectivity index (χ4v) is 2.01. The van der Waals surface area contributed by atoms with Crippen LogP contribution in [0, 0.1) is 0 Å². The van der Waals surface area contributed by atoms with Gasteiger partial charge in [-0.25, -0.2) is 4.79 Å². The highest BCUT2D eigenvalue weighted by atomic mass is 16.4. The molecule has 1 heterocycles. The summed E-state index contributed by atoms with van der Waals surface area (Å²) in [6.45, 7) is 1.47. The molecular formula is C13H19N3O3. The predicted molar refractivity (Wildman–Crippen MR) is 73.1 cm³/mol. The lowest BCUT2D eigenvalue weighted by Crippen LogP contribution is -2.38. The number of fused-ring (bicyclic) bond motifs is 1. The average molecular weight is 265 g/mol. The van der Waals surface area contributed by atoms with Crippen LogP contribution in [0.15, 0.2) is 27.4 Å². The highest BCUT2D eigenvalue weighted by molar-refractivity contribution is 5.72. The third-order valence-electron chi connectivity index (χ3n) is 3.05. The lowest BCUT2D eigenvalue weighted by Gasteiger charge is -2.19. The second-order valence-corrected chi connectivity index (χ2v) is 4.80. The number of H-pyrrole nitrogens is 1. The summed E-state index contributed by atoms with van der Waals surface area (Å²) in [5, 5.41) is 8.89. The summed E-state index contributed by atoms with van der Waals surface area (Å²) < 4.78 is 5.02. The van der Waals surface area contributed by atoms with Crippen molar-refractivity contribution in [2.24, 2.45) is 5.73 Å². The van der Waals surface area contributed by atoms with Crippen molar-refractivity contribution >= 4 is 11.1 Å². The minimum Gasteiger partial charge on any atom is -0.408 e. The zero-order valence-corrected chi connectivity index (χ0v) is 10.9. The Labute approximate surface area is 110 Å². The molecule has 1 aromatic heterocycles. The van der Waals surface area contributed by atoms with Gasteiger partial charge < -0.3 is 20.2 Å². The van der Waals surface area contributed by atoms with Gasteiger partial charge in [0, 0.05) is 19.1 Å². The van der Waals surface area contributed by atoms with Crippen molar-refractivity contribution in [3.63, 3.8) is 0 Å². The van der Waals surface area contributed by atoms with Crippen LogP contribution in [0.2, 0.25) is 0 Å². The molecule has 4 N–H and O–H groups in total. The van der Waals surface area contributed by atoms with Gasteiger partial charge in [-0.2, -0.15) is 0 Å². The Balaban J connectivity index is 1.95. The number of aromatic amines is 1. The first-order valence-electron chi connectivity index (χ1n) is 6.25. The first kappa shape index (κ1) is 13.8. The molecule has 0 aliphatic heterocycles. The Kier molecular flexibility index (Phi) is 4.36. The molecule has 0 fully saturated rings. The average Bonchev–Trinajstić information content (AvgIpc) is 2.75. The molecule has 0 saturated carbocycles. The number of nitrogens with zero attached hydrogens (tertiary/aromatic N) is 1. The van der Waals surface area contributed by atoms with Gasteiger partial charge in [0.15, 0.2) is 5.58 Å². The van der Waals surface area contributed by atoms with Crippen LogP contribution >= 0.6 is 0 Å². The summed E-state index contributed by atoms with van der Waals surface area (Å²) in [7, 11) is 1.96.